The Balaban J connectivity index is 2.11. The lowest BCUT2D eigenvalue weighted by atomic mass is 10.1. The van der Waals surface area contributed by atoms with E-state index in [1.165, 1.54) is 29.5 Å². The van der Waals surface area contributed by atoms with Gasteiger partial charge in [0.15, 0.2) is 0 Å². The predicted octanol–water partition coefficient (Wildman–Crippen LogP) is 3.06. The minimum atomic E-state index is -0.627. The van der Waals surface area contributed by atoms with E-state index in [0.29, 0.717) is 17.3 Å². The van der Waals surface area contributed by atoms with Crippen molar-refractivity contribution in [1.29, 1.82) is 0 Å². The summed E-state index contributed by atoms with van der Waals surface area (Å²) >= 11 is 7.30. The summed E-state index contributed by atoms with van der Waals surface area (Å²) in [5.74, 6) is -0.627. The fourth-order valence-corrected chi connectivity index (χ4v) is 2.88. The molecule has 2 aromatic rings. The maximum absolute atomic E-state index is 11.1. The molecule has 1 heterocycles. The fourth-order valence-electron chi connectivity index (χ4n) is 1.80. The molecule has 0 atom stereocenters. The first-order valence-corrected chi connectivity index (χ1v) is 7.23. The van der Waals surface area contributed by atoms with Crippen LogP contribution in [-0.2, 0) is 6.42 Å². The summed E-state index contributed by atoms with van der Waals surface area (Å²) in [6, 6.07) is 7.71. The van der Waals surface area contributed by atoms with Crippen LogP contribution in [0.3, 0.4) is 0 Å². The molecule has 21 heavy (non-hydrogen) atoms. The first kappa shape index (κ1) is 15.3. The van der Waals surface area contributed by atoms with Gasteiger partial charge in [0.05, 0.1) is 9.26 Å². The Morgan fingerprint density at radius 2 is 2.14 bits per heavy atom. The van der Waals surface area contributed by atoms with Gasteiger partial charge in [-0.15, -0.1) is 11.3 Å². The summed E-state index contributed by atoms with van der Waals surface area (Å²) in [4.78, 5) is 22.7. The Morgan fingerprint density at radius 1 is 1.38 bits per heavy atom. The van der Waals surface area contributed by atoms with E-state index >= 15 is 0 Å². The van der Waals surface area contributed by atoms with E-state index in [4.69, 9.17) is 17.3 Å². The molecule has 1 amide bonds. The van der Waals surface area contributed by atoms with Crippen molar-refractivity contribution in [3.8, 4) is 0 Å². The number of rotatable bonds is 6. The maximum Gasteiger partial charge on any atom is 0.292 e. The van der Waals surface area contributed by atoms with Crippen LogP contribution in [0.25, 0.3) is 0 Å². The number of nitrogens with one attached hydrogen (secondary N) is 1. The third-order valence-corrected chi connectivity index (χ3v) is 4.08. The number of primary amides is 1. The summed E-state index contributed by atoms with van der Waals surface area (Å²) < 4.78 is 0.701. The SMILES string of the molecule is NC(=O)c1ccc([N+](=O)[O-])c(NCCc2ccc(Cl)s2)c1. The van der Waals surface area contributed by atoms with Gasteiger partial charge in [0.2, 0.25) is 5.91 Å². The Morgan fingerprint density at radius 3 is 2.71 bits per heavy atom. The first-order valence-electron chi connectivity index (χ1n) is 6.03. The smallest absolute Gasteiger partial charge is 0.292 e. The van der Waals surface area contributed by atoms with E-state index in [1.807, 2.05) is 6.07 Å². The molecule has 110 valence electrons. The minimum absolute atomic E-state index is 0.0933. The van der Waals surface area contributed by atoms with Crippen LogP contribution in [0.1, 0.15) is 15.2 Å². The molecular formula is C13H12ClN3O3S. The lowest BCUT2D eigenvalue weighted by Crippen LogP contribution is -2.13. The van der Waals surface area contributed by atoms with E-state index in [2.05, 4.69) is 5.32 Å². The third-order valence-electron chi connectivity index (χ3n) is 2.79. The number of hydrogen-bond acceptors (Lipinski definition) is 5. The quantitative estimate of drug-likeness (QED) is 0.630. The van der Waals surface area contributed by atoms with Gasteiger partial charge in [0.25, 0.3) is 5.69 Å². The zero-order valence-electron chi connectivity index (χ0n) is 10.8. The molecule has 2 rings (SSSR count). The van der Waals surface area contributed by atoms with Gasteiger partial charge in [-0.3, -0.25) is 14.9 Å². The predicted molar refractivity (Wildman–Crippen MR) is 83.1 cm³/mol. The van der Waals surface area contributed by atoms with E-state index in [9.17, 15) is 14.9 Å². The lowest BCUT2D eigenvalue weighted by Gasteiger charge is -2.07. The van der Waals surface area contributed by atoms with Crippen LogP contribution in [0, 0.1) is 10.1 Å². The maximum atomic E-state index is 11.1. The van der Waals surface area contributed by atoms with Gasteiger partial charge in [-0.2, -0.15) is 0 Å². The van der Waals surface area contributed by atoms with Crippen molar-refractivity contribution in [2.45, 2.75) is 6.42 Å². The second-order valence-electron chi connectivity index (χ2n) is 4.24. The second kappa shape index (κ2) is 6.55. The average molecular weight is 326 g/mol. The number of amides is 1. The first-order chi connectivity index (χ1) is 9.97. The van der Waals surface area contributed by atoms with Crippen molar-refractivity contribution in [1.82, 2.24) is 0 Å². The minimum Gasteiger partial charge on any atom is -0.379 e. The number of carbonyl (C=O) groups excluding carboxylic acids is 1. The average Bonchev–Trinajstić information content (AvgIpc) is 2.84. The molecule has 0 saturated heterocycles. The van der Waals surface area contributed by atoms with Crippen LogP contribution < -0.4 is 11.1 Å². The summed E-state index contributed by atoms with van der Waals surface area (Å²) in [7, 11) is 0. The molecular weight excluding hydrogens is 314 g/mol. The van der Waals surface area contributed by atoms with Crippen LogP contribution in [0.4, 0.5) is 11.4 Å². The summed E-state index contributed by atoms with van der Waals surface area (Å²) in [6.07, 6.45) is 0.676. The largest absolute Gasteiger partial charge is 0.379 e. The van der Waals surface area contributed by atoms with Crippen LogP contribution in [-0.4, -0.2) is 17.4 Å². The van der Waals surface area contributed by atoms with Crippen LogP contribution >= 0.6 is 22.9 Å². The Hall–Kier alpha value is -2.12. The van der Waals surface area contributed by atoms with Crippen LogP contribution in [0.2, 0.25) is 4.34 Å². The number of anilines is 1. The molecule has 0 saturated carbocycles. The molecule has 0 unspecified atom stereocenters. The molecule has 1 aromatic heterocycles. The number of carbonyl (C=O) groups is 1. The Kier molecular flexibility index (Phi) is 4.77. The van der Waals surface area contributed by atoms with Gasteiger partial charge in [0, 0.05) is 23.1 Å². The third kappa shape index (κ3) is 3.93. The number of nitrogens with zero attached hydrogens (tertiary/aromatic N) is 1. The van der Waals surface area contributed by atoms with Crippen molar-refractivity contribution in [2.24, 2.45) is 5.73 Å². The summed E-state index contributed by atoms with van der Waals surface area (Å²) in [6.45, 7) is 0.486. The molecule has 6 nitrogen and oxygen atoms in total. The van der Waals surface area contributed by atoms with Crippen molar-refractivity contribution in [3.63, 3.8) is 0 Å². The van der Waals surface area contributed by atoms with Crippen molar-refractivity contribution >= 4 is 40.2 Å². The topological polar surface area (TPSA) is 98.3 Å². The normalized spacial score (nSPS) is 10.3. The van der Waals surface area contributed by atoms with E-state index in [1.54, 1.807) is 6.07 Å². The van der Waals surface area contributed by atoms with Crippen molar-refractivity contribution < 1.29 is 9.72 Å². The Labute approximate surface area is 129 Å². The molecule has 0 radical (unpaired) electrons. The second-order valence-corrected chi connectivity index (χ2v) is 6.04. The van der Waals surface area contributed by atoms with Crippen LogP contribution in [0.15, 0.2) is 30.3 Å². The highest BCUT2D eigenvalue weighted by atomic mass is 35.5. The highest BCUT2D eigenvalue weighted by molar-refractivity contribution is 7.16. The van der Waals surface area contributed by atoms with E-state index < -0.39 is 10.8 Å². The molecule has 0 aliphatic heterocycles. The van der Waals surface area contributed by atoms with Gasteiger partial charge >= 0.3 is 0 Å². The number of halogens is 1. The van der Waals surface area contributed by atoms with E-state index in [0.717, 1.165) is 4.88 Å². The van der Waals surface area contributed by atoms with Gasteiger partial charge in [-0.25, -0.2) is 0 Å². The lowest BCUT2D eigenvalue weighted by molar-refractivity contribution is -0.384. The molecule has 0 spiro atoms. The summed E-state index contributed by atoms with van der Waals surface area (Å²) in [5.41, 5.74) is 5.59. The van der Waals surface area contributed by atoms with Gasteiger partial charge < -0.3 is 11.1 Å². The number of nitro groups is 1. The zero-order chi connectivity index (χ0) is 15.4. The molecule has 0 aliphatic carbocycles. The van der Waals surface area contributed by atoms with Gasteiger partial charge in [0.1, 0.15) is 5.69 Å². The monoisotopic (exact) mass is 325 g/mol. The van der Waals surface area contributed by atoms with Crippen LogP contribution in [0.5, 0.6) is 0 Å². The highest BCUT2D eigenvalue weighted by Crippen LogP contribution is 2.26. The number of hydrogen-bond donors (Lipinski definition) is 2. The van der Waals surface area contributed by atoms with Crippen molar-refractivity contribution in [2.75, 3.05) is 11.9 Å². The number of nitro benzene ring substituents is 1. The zero-order valence-corrected chi connectivity index (χ0v) is 12.4. The summed E-state index contributed by atoms with van der Waals surface area (Å²) in [5, 5.41) is 13.9. The highest BCUT2D eigenvalue weighted by Gasteiger charge is 2.15. The standard InChI is InChI=1S/C13H12ClN3O3S/c14-12-4-2-9(21-12)5-6-16-10-7-8(13(15)18)1-3-11(10)17(19)20/h1-4,7,16H,5-6H2,(H2,15,18). The van der Waals surface area contributed by atoms with Crippen molar-refractivity contribution in [3.05, 3.63) is 55.2 Å². The molecule has 8 heteroatoms. The van der Waals surface area contributed by atoms with E-state index in [-0.39, 0.29) is 16.9 Å². The van der Waals surface area contributed by atoms with Gasteiger partial charge in [-0.05, 0) is 30.7 Å². The molecule has 1 aromatic carbocycles. The molecule has 0 bridgehead atoms. The Bertz CT molecular complexity index is 687. The fraction of sp³-hybridized carbons (Fsp3) is 0.154. The molecule has 0 fully saturated rings. The number of thiophene rings is 1. The molecule has 0 aliphatic rings. The molecule has 3 N–H and O–H groups in total. The number of benzene rings is 1. The number of nitrogens with two attached hydrogens (primary N) is 1. The van der Waals surface area contributed by atoms with Gasteiger partial charge in [-0.1, -0.05) is 11.6 Å².